The lowest BCUT2D eigenvalue weighted by molar-refractivity contribution is 0.483. The topological polar surface area (TPSA) is 43.4 Å². The Kier molecular flexibility index (Phi) is 3.83. The molecule has 2 aromatic carbocycles. The van der Waals surface area contributed by atoms with Crippen LogP contribution in [0.2, 0.25) is 5.02 Å². The summed E-state index contributed by atoms with van der Waals surface area (Å²) in [6.07, 6.45) is 0. The molecule has 0 aliphatic carbocycles. The fraction of sp³-hybridized carbons (Fsp3) is 0.143. The summed E-state index contributed by atoms with van der Waals surface area (Å²) in [5.74, 6) is 0.330. The predicted octanol–water partition coefficient (Wildman–Crippen LogP) is 3.72. The van der Waals surface area contributed by atoms with E-state index < -0.39 is 10.1 Å². The molecule has 0 amide bonds. The lowest BCUT2D eigenvalue weighted by Crippen LogP contribution is -2.11. The van der Waals surface area contributed by atoms with E-state index in [1.807, 2.05) is 6.07 Å². The summed E-state index contributed by atoms with van der Waals surface area (Å²) < 4.78 is 29.6. The van der Waals surface area contributed by atoms with E-state index in [2.05, 4.69) is 0 Å². The molecular weight excluding hydrogens is 284 g/mol. The molecular formula is C14H13ClO3S. The standard InChI is InChI=1S/C14H13ClO3S/c1-10-5-3-4-6-13(10)18-19(16,17)14-8-7-12(15)9-11(14)2/h3-9H,1-2H3. The lowest BCUT2D eigenvalue weighted by Gasteiger charge is -2.11. The van der Waals surface area contributed by atoms with Gasteiger partial charge in [-0.05, 0) is 49.2 Å². The first-order valence-electron chi connectivity index (χ1n) is 5.66. The summed E-state index contributed by atoms with van der Waals surface area (Å²) in [6, 6.07) is 11.5. The molecule has 0 aliphatic rings. The van der Waals surface area contributed by atoms with E-state index in [4.69, 9.17) is 15.8 Å². The van der Waals surface area contributed by atoms with E-state index in [-0.39, 0.29) is 4.90 Å². The van der Waals surface area contributed by atoms with Crippen LogP contribution in [0.25, 0.3) is 0 Å². The van der Waals surface area contributed by atoms with Crippen LogP contribution < -0.4 is 4.18 Å². The van der Waals surface area contributed by atoms with E-state index in [1.54, 1.807) is 38.1 Å². The smallest absolute Gasteiger partial charge is 0.339 e. The van der Waals surface area contributed by atoms with Crippen LogP contribution in [0.4, 0.5) is 0 Å². The van der Waals surface area contributed by atoms with Crippen molar-refractivity contribution in [2.75, 3.05) is 0 Å². The molecule has 0 bridgehead atoms. The van der Waals surface area contributed by atoms with E-state index >= 15 is 0 Å². The van der Waals surface area contributed by atoms with Crippen molar-refractivity contribution in [2.24, 2.45) is 0 Å². The number of benzene rings is 2. The monoisotopic (exact) mass is 296 g/mol. The Morgan fingerprint density at radius 2 is 1.68 bits per heavy atom. The lowest BCUT2D eigenvalue weighted by atomic mass is 10.2. The molecule has 0 aliphatic heterocycles. The molecule has 0 N–H and O–H groups in total. The van der Waals surface area contributed by atoms with Gasteiger partial charge in [0.15, 0.2) is 0 Å². The van der Waals surface area contributed by atoms with Gasteiger partial charge in [0.05, 0.1) is 0 Å². The zero-order chi connectivity index (χ0) is 14.0. The van der Waals surface area contributed by atoms with Crippen molar-refractivity contribution in [1.29, 1.82) is 0 Å². The molecule has 0 radical (unpaired) electrons. The van der Waals surface area contributed by atoms with Gasteiger partial charge in [-0.3, -0.25) is 0 Å². The fourth-order valence-corrected chi connectivity index (χ4v) is 3.13. The normalized spacial score (nSPS) is 11.3. The highest BCUT2D eigenvalue weighted by Gasteiger charge is 2.20. The van der Waals surface area contributed by atoms with Crippen LogP contribution in [-0.2, 0) is 10.1 Å². The van der Waals surface area contributed by atoms with Crippen LogP contribution in [0.3, 0.4) is 0 Å². The molecule has 19 heavy (non-hydrogen) atoms. The molecule has 0 spiro atoms. The number of hydrogen-bond donors (Lipinski definition) is 0. The van der Waals surface area contributed by atoms with E-state index in [1.165, 1.54) is 12.1 Å². The number of aryl methyl sites for hydroxylation is 2. The minimum absolute atomic E-state index is 0.125. The van der Waals surface area contributed by atoms with E-state index in [0.29, 0.717) is 16.3 Å². The minimum atomic E-state index is -3.84. The second kappa shape index (κ2) is 5.23. The third-order valence-electron chi connectivity index (χ3n) is 2.70. The molecule has 2 rings (SSSR count). The van der Waals surface area contributed by atoms with Crippen molar-refractivity contribution >= 4 is 21.7 Å². The summed E-state index contributed by atoms with van der Waals surface area (Å²) in [4.78, 5) is 0.125. The van der Waals surface area contributed by atoms with Crippen LogP contribution in [-0.4, -0.2) is 8.42 Å². The summed E-state index contributed by atoms with van der Waals surface area (Å²) in [7, 11) is -3.84. The van der Waals surface area contributed by atoms with Crippen LogP contribution in [0.5, 0.6) is 5.75 Å². The first kappa shape index (κ1) is 13.9. The third-order valence-corrected chi connectivity index (χ3v) is 4.33. The maximum absolute atomic E-state index is 12.2. The number of hydrogen-bond acceptors (Lipinski definition) is 3. The Morgan fingerprint density at radius 3 is 2.32 bits per heavy atom. The van der Waals surface area contributed by atoms with Gasteiger partial charge in [0.1, 0.15) is 10.6 Å². The highest BCUT2D eigenvalue weighted by atomic mass is 35.5. The van der Waals surface area contributed by atoms with Gasteiger partial charge < -0.3 is 4.18 Å². The predicted molar refractivity (Wildman–Crippen MR) is 75.2 cm³/mol. The zero-order valence-corrected chi connectivity index (χ0v) is 12.1. The maximum atomic E-state index is 12.2. The third kappa shape index (κ3) is 3.08. The van der Waals surface area contributed by atoms with Crippen molar-refractivity contribution in [3.05, 3.63) is 58.6 Å². The largest absolute Gasteiger partial charge is 0.379 e. The Bertz CT molecular complexity index is 708. The maximum Gasteiger partial charge on any atom is 0.339 e. The Balaban J connectivity index is 2.41. The first-order valence-corrected chi connectivity index (χ1v) is 7.45. The number of rotatable bonds is 3. The molecule has 2 aromatic rings. The second-order valence-electron chi connectivity index (χ2n) is 4.21. The summed E-state index contributed by atoms with van der Waals surface area (Å²) >= 11 is 5.82. The molecule has 0 heterocycles. The van der Waals surface area contributed by atoms with E-state index in [9.17, 15) is 8.42 Å². The first-order chi connectivity index (χ1) is 8.90. The van der Waals surface area contributed by atoms with Gasteiger partial charge in [0.2, 0.25) is 0 Å². The molecule has 100 valence electrons. The van der Waals surface area contributed by atoms with Crippen LogP contribution >= 0.6 is 11.6 Å². The van der Waals surface area contributed by atoms with Crippen molar-refractivity contribution < 1.29 is 12.6 Å². The van der Waals surface area contributed by atoms with Gasteiger partial charge in [-0.15, -0.1) is 0 Å². The van der Waals surface area contributed by atoms with Crippen LogP contribution in [0.1, 0.15) is 11.1 Å². The minimum Gasteiger partial charge on any atom is -0.379 e. The number of halogens is 1. The number of para-hydroxylation sites is 1. The SMILES string of the molecule is Cc1ccccc1OS(=O)(=O)c1ccc(Cl)cc1C. The quantitative estimate of drug-likeness (QED) is 0.811. The Morgan fingerprint density at radius 1 is 1.00 bits per heavy atom. The molecule has 3 nitrogen and oxygen atoms in total. The average molecular weight is 297 g/mol. The molecule has 0 saturated carbocycles. The van der Waals surface area contributed by atoms with E-state index in [0.717, 1.165) is 5.56 Å². The zero-order valence-electron chi connectivity index (χ0n) is 10.6. The molecule has 0 atom stereocenters. The average Bonchev–Trinajstić information content (AvgIpc) is 2.31. The molecule has 0 fully saturated rings. The van der Waals surface area contributed by atoms with Crippen molar-refractivity contribution in [3.63, 3.8) is 0 Å². The van der Waals surface area contributed by atoms with Crippen molar-refractivity contribution in [3.8, 4) is 5.75 Å². The Hall–Kier alpha value is -1.52. The summed E-state index contributed by atoms with van der Waals surface area (Å²) in [6.45, 7) is 3.47. The highest BCUT2D eigenvalue weighted by molar-refractivity contribution is 7.87. The van der Waals surface area contributed by atoms with Gasteiger partial charge >= 0.3 is 10.1 Å². The summed E-state index contributed by atoms with van der Waals surface area (Å²) in [5, 5.41) is 0.493. The van der Waals surface area contributed by atoms with Gasteiger partial charge in [0.25, 0.3) is 0 Å². The summed E-state index contributed by atoms with van der Waals surface area (Å²) in [5.41, 5.74) is 1.32. The van der Waals surface area contributed by atoms with Gasteiger partial charge in [-0.2, -0.15) is 8.42 Å². The van der Waals surface area contributed by atoms with Gasteiger partial charge in [0, 0.05) is 5.02 Å². The van der Waals surface area contributed by atoms with Crippen LogP contribution in [0.15, 0.2) is 47.4 Å². The molecule has 0 saturated heterocycles. The molecule has 0 aromatic heterocycles. The fourth-order valence-electron chi connectivity index (χ4n) is 1.71. The Labute approximate surface area is 117 Å². The highest BCUT2D eigenvalue weighted by Crippen LogP contribution is 2.25. The van der Waals surface area contributed by atoms with Crippen molar-refractivity contribution in [2.45, 2.75) is 18.7 Å². The molecule has 0 unspecified atom stereocenters. The second-order valence-corrected chi connectivity index (χ2v) is 6.16. The van der Waals surface area contributed by atoms with Gasteiger partial charge in [-0.25, -0.2) is 0 Å². The van der Waals surface area contributed by atoms with Crippen molar-refractivity contribution in [1.82, 2.24) is 0 Å². The van der Waals surface area contributed by atoms with Gasteiger partial charge in [-0.1, -0.05) is 29.8 Å². The van der Waals surface area contributed by atoms with Crippen LogP contribution in [0, 0.1) is 13.8 Å². The molecule has 5 heteroatoms.